The molecule has 0 N–H and O–H groups in total. The Balaban J connectivity index is 2.07. The summed E-state index contributed by atoms with van der Waals surface area (Å²) in [6.45, 7) is 5.38. The zero-order valence-corrected chi connectivity index (χ0v) is 10.6. The Morgan fingerprint density at radius 2 is 2.05 bits per heavy atom. The molecule has 1 aromatic heterocycles. The second kappa shape index (κ2) is 5.52. The van der Waals surface area contributed by atoms with Crippen molar-refractivity contribution >= 4 is 16.9 Å². The van der Waals surface area contributed by atoms with Gasteiger partial charge >= 0.3 is 11.6 Å². The van der Waals surface area contributed by atoms with E-state index >= 15 is 0 Å². The van der Waals surface area contributed by atoms with E-state index in [0.717, 1.165) is 10.9 Å². The number of fused-ring (bicyclic) bond motifs is 1. The summed E-state index contributed by atoms with van der Waals surface area (Å²) in [4.78, 5) is 22.3. The molecule has 19 heavy (non-hydrogen) atoms. The maximum atomic E-state index is 11.2. The van der Waals surface area contributed by atoms with Crippen LogP contribution in [0.25, 0.3) is 11.0 Å². The summed E-state index contributed by atoms with van der Waals surface area (Å²) in [5, 5.41) is 0.863. The van der Waals surface area contributed by atoms with Gasteiger partial charge in [-0.25, -0.2) is 9.59 Å². The summed E-state index contributed by atoms with van der Waals surface area (Å²) in [5.74, 6) is -0.396. The van der Waals surface area contributed by atoms with Gasteiger partial charge in [-0.05, 0) is 24.6 Å². The van der Waals surface area contributed by atoms with Crippen LogP contribution in [0.5, 0.6) is 0 Å². The highest BCUT2D eigenvalue weighted by molar-refractivity contribution is 5.86. The molecule has 2 aromatic rings. The molecule has 1 aromatic carbocycles. The van der Waals surface area contributed by atoms with Crippen molar-refractivity contribution in [3.05, 3.63) is 58.5 Å². The number of hydrogen-bond donors (Lipinski definition) is 0. The fourth-order valence-corrected chi connectivity index (χ4v) is 1.65. The third-order valence-electron chi connectivity index (χ3n) is 2.66. The second-order valence-electron chi connectivity index (χ2n) is 4.29. The standard InChI is InChI=1S/C15H14O4/c1-10(2)15(17)18-8-7-11-3-4-12-5-6-14(16)19-13(12)9-11/h3-6,9H,1,7-8H2,2H3. The van der Waals surface area contributed by atoms with Crippen molar-refractivity contribution in [2.24, 2.45) is 0 Å². The molecule has 0 aliphatic heterocycles. The fourth-order valence-electron chi connectivity index (χ4n) is 1.65. The number of hydrogen-bond acceptors (Lipinski definition) is 4. The summed E-state index contributed by atoms with van der Waals surface area (Å²) < 4.78 is 10.1. The van der Waals surface area contributed by atoms with Crippen molar-refractivity contribution in [2.75, 3.05) is 6.61 Å². The second-order valence-corrected chi connectivity index (χ2v) is 4.29. The van der Waals surface area contributed by atoms with Crippen LogP contribution in [0.1, 0.15) is 12.5 Å². The minimum atomic E-state index is -0.396. The average molecular weight is 258 g/mol. The van der Waals surface area contributed by atoms with Crippen molar-refractivity contribution in [3.63, 3.8) is 0 Å². The van der Waals surface area contributed by atoms with Crippen LogP contribution in [0.4, 0.5) is 0 Å². The first-order chi connectivity index (χ1) is 9.06. The van der Waals surface area contributed by atoms with E-state index in [1.807, 2.05) is 12.1 Å². The van der Waals surface area contributed by atoms with Gasteiger partial charge in [0.1, 0.15) is 5.58 Å². The summed E-state index contributed by atoms with van der Waals surface area (Å²) in [5.41, 5.74) is 1.48. The van der Waals surface area contributed by atoms with Gasteiger partial charge in [-0.3, -0.25) is 0 Å². The summed E-state index contributed by atoms with van der Waals surface area (Å²) in [6.07, 6.45) is 0.563. The Kier molecular flexibility index (Phi) is 3.80. The predicted octanol–water partition coefficient (Wildman–Crippen LogP) is 2.45. The Morgan fingerprint density at radius 1 is 1.32 bits per heavy atom. The number of ether oxygens (including phenoxy) is 1. The van der Waals surface area contributed by atoms with Crippen molar-refractivity contribution in [2.45, 2.75) is 13.3 Å². The van der Waals surface area contributed by atoms with E-state index in [-0.39, 0.29) is 12.2 Å². The maximum absolute atomic E-state index is 11.2. The van der Waals surface area contributed by atoms with E-state index < -0.39 is 5.97 Å². The first-order valence-electron chi connectivity index (χ1n) is 5.92. The van der Waals surface area contributed by atoms with Crippen LogP contribution in [0, 0.1) is 0 Å². The lowest BCUT2D eigenvalue weighted by atomic mass is 10.1. The molecule has 0 radical (unpaired) electrons. The van der Waals surface area contributed by atoms with Crippen molar-refractivity contribution in [1.29, 1.82) is 0 Å². The Labute approximate surface area is 110 Å². The van der Waals surface area contributed by atoms with Gasteiger partial charge in [0.05, 0.1) is 6.61 Å². The largest absolute Gasteiger partial charge is 0.462 e. The highest BCUT2D eigenvalue weighted by Gasteiger charge is 2.04. The molecule has 0 atom stereocenters. The number of carbonyl (C=O) groups is 1. The molecule has 0 unspecified atom stereocenters. The van der Waals surface area contributed by atoms with E-state index in [2.05, 4.69) is 6.58 Å². The SMILES string of the molecule is C=C(C)C(=O)OCCc1ccc2ccc(=O)oc2c1. The number of benzene rings is 1. The molecule has 4 heteroatoms. The molecule has 2 rings (SSSR count). The van der Waals surface area contributed by atoms with Crippen LogP contribution >= 0.6 is 0 Å². The van der Waals surface area contributed by atoms with E-state index in [9.17, 15) is 9.59 Å². The van der Waals surface area contributed by atoms with Crippen LogP contribution in [-0.4, -0.2) is 12.6 Å². The molecule has 0 saturated carbocycles. The van der Waals surface area contributed by atoms with Gasteiger partial charge in [0.2, 0.25) is 0 Å². The van der Waals surface area contributed by atoms with E-state index in [1.54, 1.807) is 19.1 Å². The minimum absolute atomic E-state index is 0.272. The van der Waals surface area contributed by atoms with Crippen LogP contribution in [0.15, 0.2) is 51.7 Å². The minimum Gasteiger partial charge on any atom is -0.462 e. The smallest absolute Gasteiger partial charge is 0.336 e. The van der Waals surface area contributed by atoms with Crippen LogP contribution in [0.3, 0.4) is 0 Å². The zero-order chi connectivity index (χ0) is 13.8. The number of esters is 1. The highest BCUT2D eigenvalue weighted by Crippen LogP contribution is 2.14. The van der Waals surface area contributed by atoms with Crippen LogP contribution < -0.4 is 5.63 Å². The lowest BCUT2D eigenvalue weighted by Crippen LogP contribution is -2.08. The summed E-state index contributed by atoms with van der Waals surface area (Å²) in [6, 6.07) is 8.67. The Bertz CT molecular complexity index is 682. The van der Waals surface area contributed by atoms with Gasteiger partial charge in [0.25, 0.3) is 0 Å². The molecule has 98 valence electrons. The third kappa shape index (κ3) is 3.31. The first-order valence-corrected chi connectivity index (χ1v) is 5.92. The monoisotopic (exact) mass is 258 g/mol. The quantitative estimate of drug-likeness (QED) is 0.480. The third-order valence-corrected chi connectivity index (χ3v) is 2.66. The lowest BCUT2D eigenvalue weighted by molar-refractivity contribution is -0.138. The van der Waals surface area contributed by atoms with Gasteiger partial charge in [0.15, 0.2) is 0 Å². The van der Waals surface area contributed by atoms with Gasteiger partial charge in [-0.2, -0.15) is 0 Å². The Hall–Kier alpha value is -2.36. The number of carbonyl (C=O) groups excluding carboxylic acids is 1. The molecular weight excluding hydrogens is 244 g/mol. The summed E-state index contributed by atoms with van der Waals surface area (Å²) >= 11 is 0. The van der Waals surface area contributed by atoms with Gasteiger partial charge < -0.3 is 9.15 Å². The molecule has 0 aliphatic carbocycles. The Morgan fingerprint density at radius 3 is 2.79 bits per heavy atom. The zero-order valence-electron chi connectivity index (χ0n) is 10.6. The van der Waals surface area contributed by atoms with Crippen molar-refractivity contribution in [1.82, 2.24) is 0 Å². The maximum Gasteiger partial charge on any atom is 0.336 e. The highest BCUT2D eigenvalue weighted by atomic mass is 16.5. The summed E-state index contributed by atoms with van der Waals surface area (Å²) in [7, 11) is 0. The predicted molar refractivity (Wildman–Crippen MR) is 72.0 cm³/mol. The van der Waals surface area contributed by atoms with Crippen molar-refractivity contribution in [3.8, 4) is 0 Å². The van der Waals surface area contributed by atoms with Crippen LogP contribution in [-0.2, 0) is 16.0 Å². The molecule has 0 fully saturated rings. The fraction of sp³-hybridized carbons (Fsp3) is 0.200. The molecule has 0 aliphatic rings. The van der Waals surface area contributed by atoms with E-state index in [1.165, 1.54) is 6.07 Å². The van der Waals surface area contributed by atoms with E-state index in [0.29, 0.717) is 17.6 Å². The lowest BCUT2D eigenvalue weighted by Gasteiger charge is -2.05. The molecule has 0 bridgehead atoms. The number of rotatable bonds is 4. The van der Waals surface area contributed by atoms with Gasteiger partial charge in [-0.15, -0.1) is 0 Å². The normalized spacial score (nSPS) is 10.4. The average Bonchev–Trinajstić information content (AvgIpc) is 2.38. The van der Waals surface area contributed by atoms with Crippen molar-refractivity contribution < 1.29 is 13.9 Å². The molecule has 0 spiro atoms. The van der Waals surface area contributed by atoms with Gasteiger partial charge in [0, 0.05) is 23.4 Å². The topological polar surface area (TPSA) is 56.5 Å². The molecular formula is C15H14O4. The molecule has 0 saturated heterocycles. The van der Waals surface area contributed by atoms with Crippen LogP contribution in [0.2, 0.25) is 0 Å². The first kappa shape index (κ1) is 13.1. The van der Waals surface area contributed by atoms with E-state index in [4.69, 9.17) is 9.15 Å². The molecule has 1 heterocycles. The van der Waals surface area contributed by atoms with Gasteiger partial charge in [-0.1, -0.05) is 18.7 Å². The molecule has 0 amide bonds. The molecule has 4 nitrogen and oxygen atoms in total.